The maximum Gasteiger partial charge on any atom is 0.248 e. The fourth-order valence-electron chi connectivity index (χ4n) is 2.99. The monoisotopic (exact) mass is 315 g/mol. The van der Waals surface area contributed by atoms with E-state index in [4.69, 9.17) is 9.72 Å². The van der Waals surface area contributed by atoms with Crippen LogP contribution in [0.5, 0.6) is 0 Å². The predicted octanol–water partition coefficient (Wildman–Crippen LogP) is 0.914. The smallest absolute Gasteiger partial charge is 0.248 e. The van der Waals surface area contributed by atoms with Gasteiger partial charge in [0.25, 0.3) is 0 Å². The van der Waals surface area contributed by atoms with Gasteiger partial charge in [-0.3, -0.25) is 14.5 Å². The van der Waals surface area contributed by atoms with Crippen molar-refractivity contribution in [1.82, 2.24) is 24.6 Å². The summed E-state index contributed by atoms with van der Waals surface area (Å²) in [4.78, 5) is 22.7. The zero-order chi connectivity index (χ0) is 16.2. The van der Waals surface area contributed by atoms with Gasteiger partial charge in [0, 0.05) is 39.6 Å². The van der Waals surface area contributed by atoms with Gasteiger partial charge in [-0.25, -0.2) is 4.98 Å². The highest BCUT2D eigenvalue weighted by molar-refractivity contribution is 5.77. The number of aryl methyl sites for hydroxylation is 1. The van der Waals surface area contributed by atoms with E-state index in [9.17, 15) is 4.79 Å². The van der Waals surface area contributed by atoms with Crippen molar-refractivity contribution in [2.45, 2.75) is 12.8 Å². The molecule has 0 aliphatic carbocycles. The lowest BCUT2D eigenvalue weighted by molar-refractivity contribution is -0.134. The first-order valence-corrected chi connectivity index (χ1v) is 7.73. The lowest BCUT2D eigenvalue weighted by Crippen LogP contribution is -2.31. The molecule has 7 heteroatoms. The average molecular weight is 315 g/mol. The maximum absolute atomic E-state index is 11.9. The lowest BCUT2D eigenvalue weighted by atomic mass is 10.0. The molecule has 1 aliphatic heterocycles. The Bertz CT molecular complexity index is 685. The molecule has 2 aromatic heterocycles. The average Bonchev–Trinajstić information content (AvgIpc) is 3.17. The third-order valence-corrected chi connectivity index (χ3v) is 4.17. The Morgan fingerprint density at radius 1 is 1.43 bits per heavy atom. The standard InChI is InChI=1S/C16H21N5O2/c1-20-15(3-5-18-20)14-9-17-8-13(19-14)7-12-4-6-21(10-12)16(22)11-23-2/h3,5,8-9,12H,4,6-7,10-11H2,1-2H3/t12-/m0/s1. The Morgan fingerprint density at radius 2 is 2.30 bits per heavy atom. The summed E-state index contributed by atoms with van der Waals surface area (Å²) in [5.41, 5.74) is 2.73. The van der Waals surface area contributed by atoms with Crippen LogP contribution in [0.25, 0.3) is 11.4 Å². The number of hydrogen-bond acceptors (Lipinski definition) is 5. The summed E-state index contributed by atoms with van der Waals surface area (Å²) in [5.74, 6) is 0.483. The number of carbonyl (C=O) groups is 1. The highest BCUT2D eigenvalue weighted by Gasteiger charge is 2.26. The maximum atomic E-state index is 11.9. The number of amides is 1. The highest BCUT2D eigenvalue weighted by atomic mass is 16.5. The van der Waals surface area contributed by atoms with Gasteiger partial charge in [0.1, 0.15) is 12.3 Å². The second-order valence-corrected chi connectivity index (χ2v) is 5.87. The van der Waals surface area contributed by atoms with Crippen LogP contribution in [-0.4, -0.2) is 57.4 Å². The van der Waals surface area contributed by atoms with E-state index in [-0.39, 0.29) is 12.5 Å². The SMILES string of the molecule is COCC(=O)N1CC[C@@H](Cc2cncc(-c3ccnn3C)n2)C1. The number of aromatic nitrogens is 4. The van der Waals surface area contributed by atoms with Crippen molar-refractivity contribution in [3.8, 4) is 11.4 Å². The number of hydrogen-bond donors (Lipinski definition) is 0. The van der Waals surface area contributed by atoms with Gasteiger partial charge in [-0.2, -0.15) is 5.10 Å². The van der Waals surface area contributed by atoms with Gasteiger partial charge in [0.2, 0.25) is 5.91 Å². The van der Waals surface area contributed by atoms with Crippen LogP contribution < -0.4 is 0 Å². The Balaban J connectivity index is 1.65. The van der Waals surface area contributed by atoms with Crippen molar-refractivity contribution in [3.63, 3.8) is 0 Å². The normalized spacial score (nSPS) is 17.7. The molecule has 3 heterocycles. The molecule has 0 spiro atoms. The topological polar surface area (TPSA) is 73.1 Å². The van der Waals surface area contributed by atoms with Gasteiger partial charge < -0.3 is 9.64 Å². The summed E-state index contributed by atoms with van der Waals surface area (Å²) < 4.78 is 6.70. The van der Waals surface area contributed by atoms with Gasteiger partial charge in [0.05, 0.1) is 17.6 Å². The summed E-state index contributed by atoms with van der Waals surface area (Å²) in [6, 6.07) is 1.93. The summed E-state index contributed by atoms with van der Waals surface area (Å²) in [6.45, 7) is 1.71. The van der Waals surface area contributed by atoms with Crippen molar-refractivity contribution in [2.75, 3.05) is 26.8 Å². The zero-order valence-corrected chi connectivity index (χ0v) is 13.5. The van der Waals surface area contributed by atoms with Crippen molar-refractivity contribution in [3.05, 3.63) is 30.4 Å². The molecule has 3 rings (SSSR count). The molecule has 1 amide bonds. The molecule has 1 atom stereocenters. The van der Waals surface area contributed by atoms with E-state index in [1.54, 1.807) is 30.4 Å². The third-order valence-electron chi connectivity index (χ3n) is 4.17. The molecule has 7 nitrogen and oxygen atoms in total. The molecular weight excluding hydrogens is 294 g/mol. The number of carbonyl (C=O) groups excluding carboxylic acids is 1. The molecule has 0 bridgehead atoms. The minimum absolute atomic E-state index is 0.0599. The van der Waals surface area contributed by atoms with Crippen molar-refractivity contribution in [1.29, 1.82) is 0 Å². The van der Waals surface area contributed by atoms with Crippen LogP contribution in [0.3, 0.4) is 0 Å². The molecule has 0 aromatic carbocycles. The minimum Gasteiger partial charge on any atom is -0.375 e. The van der Waals surface area contributed by atoms with E-state index in [0.29, 0.717) is 5.92 Å². The summed E-state index contributed by atoms with van der Waals surface area (Å²) in [5, 5.41) is 4.17. The largest absolute Gasteiger partial charge is 0.375 e. The number of nitrogens with zero attached hydrogens (tertiary/aromatic N) is 5. The summed E-state index contributed by atoms with van der Waals surface area (Å²) in [6.07, 6.45) is 7.13. The number of rotatable bonds is 5. The molecule has 122 valence electrons. The molecule has 0 N–H and O–H groups in total. The van der Waals surface area contributed by atoms with Gasteiger partial charge in [-0.15, -0.1) is 0 Å². The molecule has 2 aromatic rings. The van der Waals surface area contributed by atoms with Crippen LogP contribution >= 0.6 is 0 Å². The zero-order valence-electron chi connectivity index (χ0n) is 13.5. The summed E-state index contributed by atoms with van der Waals surface area (Å²) in [7, 11) is 3.44. The third kappa shape index (κ3) is 3.56. The highest BCUT2D eigenvalue weighted by Crippen LogP contribution is 2.21. The first-order chi connectivity index (χ1) is 11.2. The predicted molar refractivity (Wildman–Crippen MR) is 84.5 cm³/mol. The fraction of sp³-hybridized carbons (Fsp3) is 0.500. The quantitative estimate of drug-likeness (QED) is 0.820. The van der Waals surface area contributed by atoms with Crippen LogP contribution in [0.4, 0.5) is 0 Å². The molecule has 1 aliphatic rings. The molecule has 23 heavy (non-hydrogen) atoms. The fourth-order valence-corrected chi connectivity index (χ4v) is 2.99. The van der Waals surface area contributed by atoms with E-state index in [1.807, 2.05) is 18.0 Å². The minimum atomic E-state index is 0.0599. The first-order valence-electron chi connectivity index (χ1n) is 7.73. The van der Waals surface area contributed by atoms with E-state index in [2.05, 4.69) is 10.1 Å². The number of methoxy groups -OCH3 is 1. The van der Waals surface area contributed by atoms with Crippen molar-refractivity contribution in [2.24, 2.45) is 13.0 Å². The molecule has 1 fully saturated rings. The lowest BCUT2D eigenvalue weighted by Gasteiger charge is -2.15. The van der Waals surface area contributed by atoms with Gasteiger partial charge in [-0.05, 0) is 24.8 Å². The second-order valence-electron chi connectivity index (χ2n) is 5.87. The number of likely N-dealkylation sites (tertiary alicyclic amines) is 1. The number of ether oxygens (including phenoxy) is 1. The van der Waals surface area contributed by atoms with Crippen LogP contribution in [0.15, 0.2) is 24.7 Å². The van der Waals surface area contributed by atoms with Gasteiger partial charge in [0.15, 0.2) is 0 Å². The van der Waals surface area contributed by atoms with Crippen LogP contribution in [0, 0.1) is 5.92 Å². The van der Waals surface area contributed by atoms with Crippen molar-refractivity contribution >= 4 is 5.91 Å². The first kappa shape index (κ1) is 15.6. The van der Waals surface area contributed by atoms with E-state index >= 15 is 0 Å². The molecule has 1 saturated heterocycles. The van der Waals surface area contributed by atoms with Gasteiger partial charge >= 0.3 is 0 Å². The molecule has 0 unspecified atom stereocenters. The van der Waals surface area contributed by atoms with E-state index in [0.717, 1.165) is 43.0 Å². The van der Waals surface area contributed by atoms with E-state index < -0.39 is 0 Å². The van der Waals surface area contributed by atoms with Crippen LogP contribution in [0.2, 0.25) is 0 Å². The van der Waals surface area contributed by atoms with Crippen molar-refractivity contribution < 1.29 is 9.53 Å². The Labute approximate surface area is 135 Å². The Hall–Kier alpha value is -2.28. The van der Waals surface area contributed by atoms with E-state index in [1.165, 1.54) is 0 Å². The molecular formula is C16H21N5O2. The Morgan fingerprint density at radius 3 is 3.04 bits per heavy atom. The second kappa shape index (κ2) is 6.87. The van der Waals surface area contributed by atoms with Crippen LogP contribution in [-0.2, 0) is 23.0 Å². The van der Waals surface area contributed by atoms with Gasteiger partial charge in [-0.1, -0.05) is 0 Å². The summed E-state index contributed by atoms with van der Waals surface area (Å²) >= 11 is 0. The Kier molecular flexibility index (Phi) is 4.66. The van der Waals surface area contributed by atoms with Crippen LogP contribution in [0.1, 0.15) is 12.1 Å². The molecule has 0 saturated carbocycles. The molecule has 0 radical (unpaired) electrons.